The summed E-state index contributed by atoms with van der Waals surface area (Å²) in [5.74, 6) is -3.56. The molecule has 0 aliphatic rings. The predicted molar refractivity (Wildman–Crippen MR) is 65.3 cm³/mol. The maximum atomic E-state index is 13.7. The molecule has 1 atom stereocenters. The van der Waals surface area contributed by atoms with Crippen molar-refractivity contribution in [3.05, 3.63) is 34.1 Å². The molecule has 1 aromatic rings. The van der Waals surface area contributed by atoms with Gasteiger partial charge in [0.25, 0.3) is 0 Å². The quantitative estimate of drug-likeness (QED) is 0.495. The van der Waals surface area contributed by atoms with E-state index in [1.807, 2.05) is 0 Å². The summed E-state index contributed by atoms with van der Waals surface area (Å²) in [4.78, 5) is 22.4. The Labute approximate surface area is 145 Å². The number of halogens is 3. The van der Waals surface area contributed by atoms with Gasteiger partial charge in [0.05, 0.1) is 5.97 Å². The normalized spacial score (nSPS) is 13.1. The molecule has 1 unspecified atom stereocenters. The number of carbonyl (C=O) groups excluding carboxylic acids is 2. The molecule has 0 fully saturated rings. The van der Waals surface area contributed by atoms with Crippen LogP contribution >= 0.6 is 27.5 Å². The van der Waals surface area contributed by atoms with Gasteiger partial charge < -0.3 is 15.2 Å². The van der Waals surface area contributed by atoms with E-state index in [1.165, 1.54) is 12.1 Å². The van der Waals surface area contributed by atoms with Gasteiger partial charge in [0.2, 0.25) is 5.91 Å². The Morgan fingerprint density at radius 3 is 2.58 bits per heavy atom. The van der Waals surface area contributed by atoms with E-state index < -0.39 is 29.1 Å². The summed E-state index contributed by atoms with van der Waals surface area (Å²) in [5, 5.41) is 13.3. The molecule has 0 spiro atoms. The fraction of sp³-hybridized carbons (Fsp3) is 0.273. The fourth-order valence-corrected chi connectivity index (χ4v) is 1.85. The monoisotopic (exact) mass is 359 g/mol. The molecule has 0 aromatic heterocycles. The van der Waals surface area contributed by atoms with Crippen LogP contribution in [-0.4, -0.2) is 17.8 Å². The zero-order chi connectivity index (χ0) is 13.9. The van der Waals surface area contributed by atoms with Gasteiger partial charge >= 0.3 is 29.6 Å². The number of hydrogen-bond acceptors (Lipinski definition) is 3. The van der Waals surface area contributed by atoms with E-state index in [1.54, 1.807) is 0 Å². The Bertz CT molecular complexity index is 503. The van der Waals surface area contributed by atoms with E-state index in [0.29, 0.717) is 4.47 Å². The molecule has 0 radical (unpaired) electrons. The molecule has 0 heterocycles. The molecule has 19 heavy (non-hydrogen) atoms. The molecule has 0 saturated heterocycles. The molecule has 1 rings (SSSR count). The molecular weight excluding hydrogens is 351 g/mol. The summed E-state index contributed by atoms with van der Waals surface area (Å²) in [6.45, 7) is 1.14. The zero-order valence-electron chi connectivity index (χ0n) is 10.3. The van der Waals surface area contributed by atoms with E-state index in [2.05, 4.69) is 21.2 Å². The van der Waals surface area contributed by atoms with Crippen LogP contribution in [0.2, 0.25) is 0 Å². The smallest absolute Gasteiger partial charge is 0.547 e. The van der Waals surface area contributed by atoms with Gasteiger partial charge in [-0.15, -0.1) is 11.6 Å². The van der Waals surface area contributed by atoms with E-state index in [9.17, 15) is 19.1 Å². The third-order valence-electron chi connectivity index (χ3n) is 2.39. The number of carboxylic acid groups (broad SMARTS) is 1. The Balaban J connectivity index is 0.00000324. The summed E-state index contributed by atoms with van der Waals surface area (Å²) < 4.78 is 14.2. The number of benzene rings is 1. The second-order valence-electron chi connectivity index (χ2n) is 3.72. The fourth-order valence-electron chi connectivity index (χ4n) is 1.42. The van der Waals surface area contributed by atoms with Crippen LogP contribution in [-0.2, 0) is 15.1 Å². The number of hydrogen-bond donors (Lipinski definition) is 1. The maximum absolute atomic E-state index is 13.7. The third kappa shape index (κ3) is 4.43. The number of nitrogens with one attached hydrogen (secondary N) is 1. The van der Waals surface area contributed by atoms with Crippen LogP contribution in [0.3, 0.4) is 0 Å². The van der Waals surface area contributed by atoms with Gasteiger partial charge in [-0.1, -0.05) is 15.9 Å². The van der Waals surface area contributed by atoms with Crippen LogP contribution in [0.25, 0.3) is 0 Å². The van der Waals surface area contributed by atoms with Crippen molar-refractivity contribution in [2.75, 3.05) is 5.88 Å². The van der Waals surface area contributed by atoms with Gasteiger partial charge in [0, 0.05) is 10.0 Å². The van der Waals surface area contributed by atoms with Gasteiger partial charge in [-0.25, -0.2) is 4.39 Å². The molecule has 0 bridgehead atoms. The first-order valence-electron chi connectivity index (χ1n) is 4.85. The number of carboxylic acids is 1. The minimum atomic E-state index is -1.99. The average molecular weight is 361 g/mol. The first-order valence-corrected chi connectivity index (χ1v) is 6.18. The molecule has 98 valence electrons. The van der Waals surface area contributed by atoms with Crippen molar-refractivity contribution in [2.24, 2.45) is 0 Å². The molecule has 1 N–H and O–H groups in total. The van der Waals surface area contributed by atoms with Gasteiger partial charge in [-0.3, -0.25) is 4.79 Å². The van der Waals surface area contributed by atoms with Crippen LogP contribution in [0, 0.1) is 5.82 Å². The van der Waals surface area contributed by atoms with Crippen LogP contribution in [0.5, 0.6) is 0 Å². The van der Waals surface area contributed by atoms with Crippen molar-refractivity contribution in [3.63, 3.8) is 0 Å². The second kappa shape index (κ2) is 7.59. The maximum Gasteiger partial charge on any atom is 1.00 e. The van der Waals surface area contributed by atoms with Gasteiger partial charge in [0.15, 0.2) is 0 Å². The molecular formula is C11H9BrClFNNaO3. The minimum Gasteiger partial charge on any atom is -0.547 e. The van der Waals surface area contributed by atoms with Crippen molar-refractivity contribution in [1.82, 2.24) is 5.32 Å². The van der Waals surface area contributed by atoms with E-state index in [4.69, 9.17) is 11.6 Å². The molecule has 4 nitrogen and oxygen atoms in total. The molecule has 0 aliphatic carbocycles. The van der Waals surface area contributed by atoms with Crippen LogP contribution < -0.4 is 40.0 Å². The minimum absolute atomic E-state index is 0. The zero-order valence-corrected chi connectivity index (χ0v) is 14.6. The summed E-state index contributed by atoms with van der Waals surface area (Å²) in [7, 11) is 0. The Morgan fingerprint density at radius 2 is 2.11 bits per heavy atom. The molecule has 8 heteroatoms. The Hall–Kier alpha value is -0.140. The SMILES string of the molecule is CC(NC(=O)CCl)(C(=O)[O-])c1cc(Br)ccc1F.[Na+]. The molecule has 1 aromatic carbocycles. The van der Waals surface area contributed by atoms with Gasteiger partial charge in [-0.2, -0.15) is 0 Å². The van der Waals surface area contributed by atoms with Crippen molar-refractivity contribution >= 4 is 39.4 Å². The first-order chi connectivity index (χ1) is 8.31. The number of aliphatic carboxylic acids is 1. The first kappa shape index (κ1) is 18.9. The van der Waals surface area contributed by atoms with E-state index >= 15 is 0 Å². The van der Waals surface area contributed by atoms with Gasteiger partial charge in [0.1, 0.15) is 17.2 Å². The topological polar surface area (TPSA) is 69.2 Å². The van der Waals surface area contributed by atoms with Gasteiger partial charge in [-0.05, 0) is 25.1 Å². The van der Waals surface area contributed by atoms with E-state index in [0.717, 1.165) is 13.0 Å². The molecule has 0 aliphatic heterocycles. The van der Waals surface area contributed by atoms with Crippen molar-refractivity contribution in [2.45, 2.75) is 12.5 Å². The summed E-state index contributed by atoms with van der Waals surface area (Å²) in [5.41, 5.74) is -2.20. The van der Waals surface area contributed by atoms with Crippen LogP contribution in [0.1, 0.15) is 12.5 Å². The number of carbonyl (C=O) groups is 2. The average Bonchev–Trinajstić information content (AvgIpc) is 2.31. The van der Waals surface area contributed by atoms with Crippen molar-refractivity contribution in [1.29, 1.82) is 0 Å². The largest absolute Gasteiger partial charge is 1.00 e. The Kier molecular flexibility index (Phi) is 7.54. The number of alkyl halides is 1. The summed E-state index contributed by atoms with van der Waals surface area (Å²) in [6, 6.07) is 3.77. The van der Waals surface area contributed by atoms with E-state index in [-0.39, 0.29) is 35.1 Å². The third-order valence-corrected chi connectivity index (χ3v) is 3.12. The molecule has 1 amide bonds. The van der Waals surface area contributed by atoms with Crippen LogP contribution in [0.15, 0.2) is 22.7 Å². The summed E-state index contributed by atoms with van der Waals surface area (Å²) in [6.07, 6.45) is 0. The predicted octanol–water partition coefficient (Wildman–Crippen LogP) is -2.09. The summed E-state index contributed by atoms with van der Waals surface area (Å²) >= 11 is 8.40. The Morgan fingerprint density at radius 1 is 1.53 bits per heavy atom. The molecule has 0 saturated carbocycles. The van der Waals surface area contributed by atoms with Crippen molar-refractivity contribution in [3.8, 4) is 0 Å². The number of amides is 1. The van der Waals surface area contributed by atoms with Crippen LogP contribution in [0.4, 0.5) is 4.39 Å². The van der Waals surface area contributed by atoms with Crippen molar-refractivity contribution < 1.29 is 48.6 Å². The second-order valence-corrected chi connectivity index (χ2v) is 4.90. The standard InChI is InChI=1S/C11H10BrClFNO3.Na/c1-11(10(17)18,15-9(16)5-13)7-4-6(12)2-3-8(7)14;/h2-4H,5H2,1H3,(H,15,16)(H,17,18);/q;+1/p-1. The number of rotatable bonds is 4.